The second-order valence-corrected chi connectivity index (χ2v) is 6.58. The van der Waals surface area contributed by atoms with E-state index < -0.39 is 5.97 Å². The summed E-state index contributed by atoms with van der Waals surface area (Å²) in [7, 11) is 3.23. The average Bonchev–Trinajstić information content (AvgIpc) is 3.12. The van der Waals surface area contributed by atoms with E-state index in [2.05, 4.69) is 15.3 Å². The highest BCUT2D eigenvalue weighted by molar-refractivity contribution is 5.94. The highest BCUT2D eigenvalue weighted by atomic mass is 16.5. The van der Waals surface area contributed by atoms with Crippen molar-refractivity contribution in [3.05, 3.63) is 53.0 Å². The van der Waals surface area contributed by atoms with E-state index in [0.717, 1.165) is 35.2 Å². The van der Waals surface area contributed by atoms with Crippen molar-refractivity contribution in [1.29, 1.82) is 0 Å². The summed E-state index contributed by atoms with van der Waals surface area (Å²) in [5.41, 5.74) is 2.56. The molecule has 1 amide bonds. The topological polar surface area (TPSA) is 114 Å². The number of H-pyrrole nitrogens is 1. The lowest BCUT2D eigenvalue weighted by atomic mass is 10.2. The van der Waals surface area contributed by atoms with Gasteiger partial charge in [-0.2, -0.15) is 0 Å². The SMILES string of the molecule is COc1cc(OC)c2cc(CCCNC(=O)c3ccc(C(=O)O)c(C)n3)[nH]c2c1. The zero-order chi connectivity index (χ0) is 21.0. The quantitative estimate of drug-likeness (QED) is 0.504. The number of hydrogen-bond donors (Lipinski definition) is 3. The number of ether oxygens (including phenoxy) is 2. The van der Waals surface area contributed by atoms with Crippen molar-refractivity contribution in [2.75, 3.05) is 20.8 Å². The highest BCUT2D eigenvalue weighted by Gasteiger charge is 2.13. The molecule has 0 spiro atoms. The van der Waals surface area contributed by atoms with Gasteiger partial charge in [0.25, 0.3) is 5.91 Å². The van der Waals surface area contributed by atoms with E-state index in [1.54, 1.807) is 21.1 Å². The fourth-order valence-corrected chi connectivity index (χ4v) is 3.14. The number of nitrogens with zero attached hydrogens (tertiary/aromatic N) is 1. The molecule has 3 N–H and O–H groups in total. The summed E-state index contributed by atoms with van der Waals surface area (Å²) in [4.78, 5) is 30.7. The van der Waals surface area contributed by atoms with Crippen LogP contribution in [0.2, 0.25) is 0 Å². The van der Waals surface area contributed by atoms with Gasteiger partial charge in [-0.3, -0.25) is 4.79 Å². The number of aryl methyl sites for hydroxylation is 2. The summed E-state index contributed by atoms with van der Waals surface area (Å²) in [5, 5.41) is 12.8. The van der Waals surface area contributed by atoms with Crippen LogP contribution < -0.4 is 14.8 Å². The molecule has 0 aliphatic rings. The number of aromatic carboxylic acids is 1. The van der Waals surface area contributed by atoms with Gasteiger partial charge < -0.3 is 24.9 Å². The zero-order valence-electron chi connectivity index (χ0n) is 16.5. The van der Waals surface area contributed by atoms with Gasteiger partial charge in [-0.05, 0) is 38.0 Å². The molecule has 0 saturated carbocycles. The van der Waals surface area contributed by atoms with Gasteiger partial charge in [0.05, 0.1) is 31.0 Å². The molecule has 0 aliphatic carbocycles. The number of pyridine rings is 1. The molecular weight excluding hydrogens is 374 g/mol. The van der Waals surface area contributed by atoms with Gasteiger partial charge in [-0.1, -0.05) is 0 Å². The second kappa shape index (κ2) is 8.64. The Morgan fingerprint density at radius 3 is 2.62 bits per heavy atom. The lowest BCUT2D eigenvalue weighted by Gasteiger charge is -2.06. The number of amides is 1. The Morgan fingerprint density at radius 1 is 1.17 bits per heavy atom. The lowest BCUT2D eigenvalue weighted by Crippen LogP contribution is -2.26. The van der Waals surface area contributed by atoms with E-state index in [1.165, 1.54) is 12.1 Å². The maximum Gasteiger partial charge on any atom is 0.337 e. The Labute approximate surface area is 167 Å². The van der Waals surface area contributed by atoms with Crippen molar-refractivity contribution >= 4 is 22.8 Å². The molecule has 0 unspecified atom stereocenters. The maximum atomic E-state index is 12.2. The number of nitrogens with one attached hydrogen (secondary N) is 2. The minimum atomic E-state index is -1.06. The molecule has 3 aromatic rings. The fraction of sp³-hybridized carbons (Fsp3) is 0.286. The number of benzene rings is 1. The monoisotopic (exact) mass is 397 g/mol. The third-order valence-electron chi connectivity index (χ3n) is 4.64. The van der Waals surface area contributed by atoms with Gasteiger partial charge in [-0.15, -0.1) is 0 Å². The Hall–Kier alpha value is -3.55. The van der Waals surface area contributed by atoms with Crippen LogP contribution in [0.1, 0.15) is 38.7 Å². The Bertz CT molecular complexity index is 1060. The van der Waals surface area contributed by atoms with Crippen LogP contribution in [-0.2, 0) is 6.42 Å². The molecule has 0 saturated heterocycles. The number of fused-ring (bicyclic) bond motifs is 1. The minimum absolute atomic E-state index is 0.0902. The highest BCUT2D eigenvalue weighted by Crippen LogP contribution is 2.31. The summed E-state index contributed by atoms with van der Waals surface area (Å²) in [5.74, 6) is 0.0655. The van der Waals surface area contributed by atoms with Gasteiger partial charge in [0.15, 0.2) is 0 Å². The number of methoxy groups -OCH3 is 2. The number of aromatic amines is 1. The number of carboxylic acid groups (broad SMARTS) is 1. The summed E-state index contributed by atoms with van der Waals surface area (Å²) < 4.78 is 10.7. The van der Waals surface area contributed by atoms with Crippen LogP contribution in [-0.4, -0.2) is 47.7 Å². The molecule has 0 bridgehead atoms. The zero-order valence-corrected chi connectivity index (χ0v) is 16.5. The van der Waals surface area contributed by atoms with Gasteiger partial charge in [-0.25, -0.2) is 9.78 Å². The number of carbonyl (C=O) groups is 2. The van der Waals surface area contributed by atoms with Crippen molar-refractivity contribution < 1.29 is 24.2 Å². The van der Waals surface area contributed by atoms with E-state index in [4.69, 9.17) is 14.6 Å². The molecule has 8 nitrogen and oxygen atoms in total. The standard InChI is InChI=1S/C21H23N3O5/c1-12-15(21(26)27)6-7-17(23-12)20(25)22-8-4-5-13-9-16-18(24-13)10-14(28-2)11-19(16)29-3/h6-7,9-11,24H,4-5,8H2,1-3H3,(H,22,25)(H,26,27). The number of aromatic nitrogens is 2. The minimum Gasteiger partial charge on any atom is -0.497 e. The molecule has 29 heavy (non-hydrogen) atoms. The molecule has 0 radical (unpaired) electrons. The average molecular weight is 397 g/mol. The normalized spacial score (nSPS) is 10.7. The van der Waals surface area contributed by atoms with Gasteiger partial charge in [0.1, 0.15) is 17.2 Å². The van der Waals surface area contributed by atoms with Gasteiger partial charge in [0, 0.05) is 29.8 Å². The van der Waals surface area contributed by atoms with E-state index >= 15 is 0 Å². The fourth-order valence-electron chi connectivity index (χ4n) is 3.14. The third kappa shape index (κ3) is 4.48. The second-order valence-electron chi connectivity index (χ2n) is 6.58. The van der Waals surface area contributed by atoms with Crippen LogP contribution in [0, 0.1) is 6.92 Å². The first-order valence-corrected chi connectivity index (χ1v) is 9.15. The predicted molar refractivity (Wildman–Crippen MR) is 108 cm³/mol. The van der Waals surface area contributed by atoms with Crippen molar-refractivity contribution in [3.63, 3.8) is 0 Å². The van der Waals surface area contributed by atoms with Crippen LogP contribution in [0.3, 0.4) is 0 Å². The predicted octanol–water partition coefficient (Wildman–Crippen LogP) is 2.95. The van der Waals surface area contributed by atoms with Crippen LogP contribution in [0.4, 0.5) is 0 Å². The third-order valence-corrected chi connectivity index (χ3v) is 4.64. The van der Waals surface area contributed by atoms with E-state index in [1.807, 2.05) is 18.2 Å². The van der Waals surface area contributed by atoms with Gasteiger partial charge >= 0.3 is 5.97 Å². The summed E-state index contributed by atoms with van der Waals surface area (Å²) in [6, 6.07) is 8.60. The molecule has 0 fully saturated rings. The Morgan fingerprint density at radius 2 is 1.97 bits per heavy atom. The van der Waals surface area contributed by atoms with Crippen LogP contribution >= 0.6 is 0 Å². The van der Waals surface area contributed by atoms with E-state index in [-0.39, 0.29) is 17.2 Å². The first-order chi connectivity index (χ1) is 13.9. The van der Waals surface area contributed by atoms with Crippen molar-refractivity contribution in [3.8, 4) is 11.5 Å². The van der Waals surface area contributed by atoms with Crippen LogP contribution in [0.15, 0.2) is 30.3 Å². The smallest absolute Gasteiger partial charge is 0.337 e. The largest absolute Gasteiger partial charge is 0.497 e. The first-order valence-electron chi connectivity index (χ1n) is 9.15. The molecule has 0 aliphatic heterocycles. The van der Waals surface area contributed by atoms with Crippen molar-refractivity contribution in [2.45, 2.75) is 19.8 Å². The molecule has 2 aromatic heterocycles. The van der Waals surface area contributed by atoms with Gasteiger partial charge in [0.2, 0.25) is 0 Å². The van der Waals surface area contributed by atoms with Crippen LogP contribution in [0.25, 0.3) is 10.9 Å². The molecular formula is C21H23N3O5. The molecule has 8 heteroatoms. The summed E-state index contributed by atoms with van der Waals surface area (Å²) in [6.45, 7) is 2.04. The van der Waals surface area contributed by atoms with E-state index in [0.29, 0.717) is 18.0 Å². The molecule has 2 heterocycles. The molecule has 1 aromatic carbocycles. The Kier molecular flexibility index (Phi) is 6.01. The van der Waals surface area contributed by atoms with Crippen LogP contribution in [0.5, 0.6) is 11.5 Å². The number of hydrogen-bond acceptors (Lipinski definition) is 5. The van der Waals surface area contributed by atoms with Crippen molar-refractivity contribution in [1.82, 2.24) is 15.3 Å². The molecule has 152 valence electrons. The molecule has 3 rings (SSSR count). The summed E-state index contributed by atoms with van der Waals surface area (Å²) >= 11 is 0. The molecule has 0 atom stereocenters. The number of carboxylic acids is 1. The van der Waals surface area contributed by atoms with E-state index in [9.17, 15) is 9.59 Å². The Balaban J connectivity index is 1.58. The maximum absolute atomic E-state index is 12.2. The summed E-state index contributed by atoms with van der Waals surface area (Å²) in [6.07, 6.45) is 1.47. The van der Waals surface area contributed by atoms with Crippen molar-refractivity contribution in [2.24, 2.45) is 0 Å². The number of carbonyl (C=O) groups excluding carboxylic acids is 1. The number of rotatable bonds is 8. The lowest BCUT2D eigenvalue weighted by molar-refractivity contribution is 0.0694. The first kappa shape index (κ1) is 20.2.